The number of halogens is 1. The van der Waals surface area contributed by atoms with Crippen molar-refractivity contribution in [1.82, 2.24) is 0 Å². The maximum Gasteiger partial charge on any atom is -1.00 e. The molecule has 0 bridgehead atoms. The second-order valence-electron chi connectivity index (χ2n) is 4.29. The van der Waals surface area contributed by atoms with E-state index in [1.54, 1.807) is 0 Å². The fourth-order valence-electron chi connectivity index (χ4n) is 1.37. The van der Waals surface area contributed by atoms with Gasteiger partial charge in [-0.3, -0.25) is 0 Å². The van der Waals surface area contributed by atoms with Gasteiger partial charge in [0.05, 0.1) is 0 Å². The average molecular weight is 396 g/mol. The van der Waals surface area contributed by atoms with Crippen LogP contribution in [-0.2, 0) is 0 Å². The van der Waals surface area contributed by atoms with E-state index >= 15 is 0 Å². The minimum Gasteiger partial charge on any atom is -1.00 e. The van der Waals surface area contributed by atoms with E-state index in [4.69, 9.17) is 0 Å². The first-order chi connectivity index (χ1) is 7.14. The van der Waals surface area contributed by atoms with Crippen molar-refractivity contribution in [2.75, 3.05) is 27.2 Å². The second-order valence-corrected chi connectivity index (χ2v) is 6.74. The van der Waals surface area contributed by atoms with E-state index in [0.29, 0.717) is 15.0 Å². The molecule has 0 heterocycles. The molecule has 1 rings (SSSR count). The van der Waals surface area contributed by atoms with E-state index < -0.39 is 0 Å². The predicted octanol–water partition coefficient (Wildman–Crippen LogP) is -1.30. The largest absolute Gasteiger partial charge is 1.00 e. The molecule has 1 nitrogen and oxygen atoms in total. The van der Waals surface area contributed by atoms with Gasteiger partial charge in [0.1, 0.15) is 0 Å². The van der Waals surface area contributed by atoms with Crippen LogP contribution in [0.2, 0.25) is 5.32 Å². The number of likely N-dealkylation sites (N-methyl/N-ethyl adjacent to an activating group) is 1. The summed E-state index contributed by atoms with van der Waals surface area (Å²) in [7, 11) is 4.53. The smallest absolute Gasteiger partial charge is 1.00 e. The number of hydrogen-bond donors (Lipinski definition) is 0. The summed E-state index contributed by atoms with van der Waals surface area (Å²) >= 11 is 0.623. The minimum atomic E-state index is 0. The normalized spacial score (nSPS) is 10.6. The summed E-state index contributed by atoms with van der Waals surface area (Å²) < 4.78 is 2.56. The molecule has 0 spiro atoms. The van der Waals surface area contributed by atoms with Crippen LogP contribution in [0.5, 0.6) is 0 Å². The van der Waals surface area contributed by atoms with E-state index in [0.717, 1.165) is 11.0 Å². The minimum absolute atomic E-state index is 0. The first kappa shape index (κ1) is 16.2. The molecule has 0 amide bonds. The van der Waals surface area contributed by atoms with Crippen molar-refractivity contribution in [2.45, 2.75) is 5.32 Å². The van der Waals surface area contributed by atoms with E-state index in [1.165, 1.54) is 16.3 Å². The predicted molar refractivity (Wildman–Crippen MR) is 68.7 cm³/mol. The summed E-state index contributed by atoms with van der Waals surface area (Å²) in [6.45, 7) is 6.10. The molecule has 0 N–H and O–H groups in total. The molecule has 90 valence electrons. The molecule has 0 aliphatic heterocycles. The maximum absolute atomic E-state index is 3.80. The summed E-state index contributed by atoms with van der Waals surface area (Å²) in [5.41, 5.74) is 0. The van der Waals surface area contributed by atoms with Crippen molar-refractivity contribution < 1.29 is 28.5 Å². The Morgan fingerprint density at radius 1 is 1.25 bits per heavy atom. The molecule has 0 atom stereocenters. The number of benzene rings is 1. The number of quaternary nitrogens is 1. The van der Waals surface area contributed by atoms with E-state index in [9.17, 15) is 0 Å². The molecule has 16 heavy (non-hydrogen) atoms. The zero-order chi connectivity index (χ0) is 11.1. The molecule has 1 aromatic carbocycles. The van der Waals surface area contributed by atoms with Gasteiger partial charge in [0, 0.05) is 0 Å². The zero-order valence-corrected chi connectivity index (χ0v) is 13.9. The zero-order valence-electron chi connectivity index (χ0n) is 10.0. The maximum atomic E-state index is 3.80. The molecule has 1 aromatic rings. The molecular weight excluding hydrogens is 376 g/mol. The van der Waals surface area contributed by atoms with E-state index in [-0.39, 0.29) is 24.0 Å². The van der Waals surface area contributed by atoms with Crippen LogP contribution in [0.3, 0.4) is 0 Å². The molecule has 0 aliphatic carbocycles. The topological polar surface area (TPSA) is 0 Å². The van der Waals surface area contributed by atoms with Crippen molar-refractivity contribution in [3.05, 3.63) is 43.0 Å². The summed E-state index contributed by atoms with van der Waals surface area (Å²) in [5.74, 6) is 0. The van der Waals surface area contributed by atoms with Crippen LogP contribution in [0, 0.1) is 0 Å². The Labute approximate surface area is 123 Å². The van der Waals surface area contributed by atoms with Gasteiger partial charge in [0.25, 0.3) is 0 Å². The van der Waals surface area contributed by atoms with Gasteiger partial charge in [-0.25, -0.2) is 0 Å². The molecule has 0 unspecified atom stereocenters. The third-order valence-electron chi connectivity index (χ3n) is 2.33. The Kier molecular flexibility index (Phi) is 8.38. The van der Waals surface area contributed by atoms with Crippen LogP contribution in [0.15, 0.2) is 43.0 Å². The quantitative estimate of drug-likeness (QED) is 0.243. The van der Waals surface area contributed by atoms with Crippen molar-refractivity contribution in [3.63, 3.8) is 0 Å². The van der Waals surface area contributed by atoms with Crippen LogP contribution >= 0.6 is 0 Å². The Morgan fingerprint density at radius 3 is 2.44 bits per heavy atom. The Morgan fingerprint density at radius 2 is 1.88 bits per heavy atom. The van der Waals surface area contributed by atoms with E-state index in [1.807, 2.05) is 6.08 Å². The fourth-order valence-corrected chi connectivity index (χ4v) is 3.82. The van der Waals surface area contributed by atoms with Gasteiger partial charge in [-0.15, -0.1) is 0 Å². The van der Waals surface area contributed by atoms with Crippen LogP contribution < -0.4 is 28.4 Å². The van der Waals surface area contributed by atoms with Crippen molar-refractivity contribution in [1.29, 1.82) is 0 Å². The first-order valence-corrected chi connectivity index (χ1v) is 7.31. The van der Waals surface area contributed by atoms with E-state index in [2.05, 4.69) is 51.0 Å². The van der Waals surface area contributed by atoms with Gasteiger partial charge >= 0.3 is 99.4 Å². The third-order valence-corrected chi connectivity index (χ3v) is 4.41. The van der Waals surface area contributed by atoms with Crippen LogP contribution in [-0.4, -0.2) is 46.6 Å². The van der Waals surface area contributed by atoms with Gasteiger partial charge < -0.3 is 24.0 Å². The Hall–Kier alpha value is 0.169. The average Bonchev–Trinajstić information content (AvgIpc) is 2.19. The summed E-state index contributed by atoms with van der Waals surface area (Å²) in [6, 6.07) is 10.8. The number of hydrogen-bond acceptors (Lipinski definition) is 0. The van der Waals surface area contributed by atoms with Crippen molar-refractivity contribution in [3.8, 4) is 0 Å². The van der Waals surface area contributed by atoms with Gasteiger partial charge in [-0.05, 0) is 0 Å². The first-order valence-electron chi connectivity index (χ1n) is 5.25. The number of rotatable bonds is 6. The fraction of sp³-hybridized carbons (Fsp3) is 0.385. The SMILES string of the molecule is C=CC[N+](C)(C)CC[Se]c1ccccc1.[I-]. The van der Waals surface area contributed by atoms with Gasteiger partial charge in [0.2, 0.25) is 0 Å². The molecule has 0 aromatic heterocycles. The third kappa shape index (κ3) is 6.69. The molecule has 0 saturated carbocycles. The van der Waals surface area contributed by atoms with Gasteiger partial charge in [-0.2, -0.15) is 0 Å². The number of nitrogens with zero attached hydrogens (tertiary/aromatic N) is 1. The molecule has 0 aliphatic rings. The molecule has 0 saturated heterocycles. The van der Waals surface area contributed by atoms with Gasteiger partial charge in [-0.1, -0.05) is 0 Å². The van der Waals surface area contributed by atoms with Crippen LogP contribution in [0.25, 0.3) is 0 Å². The monoisotopic (exact) mass is 397 g/mol. The van der Waals surface area contributed by atoms with Gasteiger partial charge in [0.15, 0.2) is 0 Å². The van der Waals surface area contributed by atoms with Crippen molar-refractivity contribution in [2.24, 2.45) is 0 Å². The summed E-state index contributed by atoms with van der Waals surface area (Å²) in [5, 5.41) is 1.30. The molecule has 0 fully saturated rings. The molecule has 0 radical (unpaired) electrons. The second kappa shape index (κ2) is 8.29. The molecule has 3 heteroatoms. The summed E-state index contributed by atoms with van der Waals surface area (Å²) in [6.07, 6.45) is 2.01. The van der Waals surface area contributed by atoms with Crippen LogP contribution in [0.4, 0.5) is 0 Å². The van der Waals surface area contributed by atoms with Crippen molar-refractivity contribution >= 4 is 19.4 Å². The summed E-state index contributed by atoms with van der Waals surface area (Å²) in [4.78, 5) is 0. The molecular formula is C13H20INSe. The van der Waals surface area contributed by atoms with Crippen LogP contribution in [0.1, 0.15) is 0 Å². The Balaban J connectivity index is 0.00000225. The standard InChI is InChI=1S/C13H20NSe.HI/c1-4-10-14(2,3)11-12-15-13-8-6-5-7-9-13;/h4-9H,1,10-12H2,2-3H3;1H/q+1;/p-1. The Bertz CT molecular complexity index is 298.